The van der Waals surface area contributed by atoms with Crippen LogP contribution in [0.4, 0.5) is 0 Å². The highest BCUT2D eigenvalue weighted by atomic mass is 15.2. The lowest BCUT2D eigenvalue weighted by molar-refractivity contribution is 0.196. The molecule has 0 radical (unpaired) electrons. The second kappa shape index (κ2) is 6.49. The Bertz CT molecular complexity index is 170. The van der Waals surface area contributed by atoms with E-state index in [4.69, 9.17) is 0 Å². The third-order valence-electron chi connectivity index (χ3n) is 3.96. The van der Waals surface area contributed by atoms with Crippen LogP contribution in [0, 0.1) is 5.92 Å². The first-order valence-electron chi connectivity index (χ1n) is 6.70. The van der Waals surface area contributed by atoms with Crippen molar-refractivity contribution in [2.24, 2.45) is 5.92 Å². The summed E-state index contributed by atoms with van der Waals surface area (Å²) in [6, 6.07) is 1.37. The standard InChI is InChI=1S/C13H28N2/c1-5-12-8-9-15(10-12)11(4)13(6-2)14-7-3/h11-14H,5-10H2,1-4H3. The molecular weight excluding hydrogens is 184 g/mol. The number of hydrogen-bond acceptors (Lipinski definition) is 2. The molecule has 1 fully saturated rings. The Kier molecular flexibility index (Phi) is 5.62. The Labute approximate surface area is 95.4 Å². The molecule has 1 aliphatic heterocycles. The molecule has 1 heterocycles. The average Bonchev–Trinajstić information content (AvgIpc) is 2.73. The van der Waals surface area contributed by atoms with Crippen LogP contribution in [0.1, 0.15) is 47.0 Å². The summed E-state index contributed by atoms with van der Waals surface area (Å²) < 4.78 is 0. The number of nitrogens with one attached hydrogen (secondary N) is 1. The van der Waals surface area contributed by atoms with Gasteiger partial charge in [-0.05, 0) is 38.8 Å². The molecule has 15 heavy (non-hydrogen) atoms. The van der Waals surface area contributed by atoms with Gasteiger partial charge in [0.05, 0.1) is 0 Å². The fourth-order valence-corrected chi connectivity index (χ4v) is 2.74. The molecule has 90 valence electrons. The zero-order valence-corrected chi connectivity index (χ0v) is 10.9. The Morgan fingerprint density at radius 1 is 1.33 bits per heavy atom. The molecule has 2 heteroatoms. The zero-order valence-electron chi connectivity index (χ0n) is 10.9. The van der Waals surface area contributed by atoms with Gasteiger partial charge in [0.2, 0.25) is 0 Å². The van der Waals surface area contributed by atoms with E-state index in [9.17, 15) is 0 Å². The van der Waals surface area contributed by atoms with Gasteiger partial charge in [0.25, 0.3) is 0 Å². The van der Waals surface area contributed by atoms with Gasteiger partial charge >= 0.3 is 0 Å². The molecule has 0 aromatic carbocycles. The van der Waals surface area contributed by atoms with Gasteiger partial charge in [-0.15, -0.1) is 0 Å². The molecule has 0 aromatic heterocycles. The van der Waals surface area contributed by atoms with Gasteiger partial charge in [-0.25, -0.2) is 0 Å². The average molecular weight is 212 g/mol. The first-order valence-corrected chi connectivity index (χ1v) is 6.70. The van der Waals surface area contributed by atoms with E-state index in [0.29, 0.717) is 12.1 Å². The summed E-state index contributed by atoms with van der Waals surface area (Å²) in [5.74, 6) is 0.951. The van der Waals surface area contributed by atoms with Gasteiger partial charge in [-0.2, -0.15) is 0 Å². The van der Waals surface area contributed by atoms with Crippen molar-refractivity contribution in [2.45, 2.75) is 59.0 Å². The Morgan fingerprint density at radius 3 is 2.53 bits per heavy atom. The number of likely N-dealkylation sites (N-methyl/N-ethyl adjacent to an activating group) is 1. The van der Waals surface area contributed by atoms with Crippen LogP contribution in [0.2, 0.25) is 0 Å². The van der Waals surface area contributed by atoms with Gasteiger partial charge in [0, 0.05) is 18.6 Å². The minimum Gasteiger partial charge on any atom is -0.313 e. The quantitative estimate of drug-likeness (QED) is 0.728. The Balaban J connectivity index is 2.41. The van der Waals surface area contributed by atoms with Crippen molar-refractivity contribution in [3.8, 4) is 0 Å². The predicted octanol–water partition coefficient (Wildman–Crippen LogP) is 2.49. The van der Waals surface area contributed by atoms with E-state index in [1.165, 1.54) is 32.4 Å². The molecule has 0 spiro atoms. The molecule has 1 N–H and O–H groups in total. The maximum atomic E-state index is 3.60. The first kappa shape index (κ1) is 13.0. The lowest BCUT2D eigenvalue weighted by Crippen LogP contribution is -2.47. The van der Waals surface area contributed by atoms with Crippen molar-refractivity contribution in [1.82, 2.24) is 10.2 Å². The molecule has 0 aliphatic carbocycles. The lowest BCUT2D eigenvalue weighted by atomic mass is 10.1. The molecular formula is C13H28N2. The van der Waals surface area contributed by atoms with Crippen molar-refractivity contribution >= 4 is 0 Å². The number of hydrogen-bond donors (Lipinski definition) is 1. The van der Waals surface area contributed by atoms with Gasteiger partial charge in [-0.1, -0.05) is 27.2 Å². The minimum absolute atomic E-state index is 0.672. The summed E-state index contributed by atoms with van der Waals surface area (Å²) in [5.41, 5.74) is 0. The van der Waals surface area contributed by atoms with E-state index in [1.54, 1.807) is 0 Å². The largest absolute Gasteiger partial charge is 0.313 e. The molecule has 1 rings (SSSR count). The van der Waals surface area contributed by atoms with Gasteiger partial charge in [0.15, 0.2) is 0 Å². The van der Waals surface area contributed by atoms with E-state index in [-0.39, 0.29) is 0 Å². The third-order valence-corrected chi connectivity index (χ3v) is 3.96. The molecule has 0 saturated carbocycles. The molecule has 2 nitrogen and oxygen atoms in total. The number of likely N-dealkylation sites (tertiary alicyclic amines) is 1. The maximum absolute atomic E-state index is 3.60. The molecule has 1 aliphatic rings. The summed E-state index contributed by atoms with van der Waals surface area (Å²) in [6.45, 7) is 12.9. The summed E-state index contributed by atoms with van der Waals surface area (Å²) in [4.78, 5) is 2.67. The topological polar surface area (TPSA) is 15.3 Å². The Morgan fingerprint density at radius 2 is 2.07 bits per heavy atom. The number of rotatable bonds is 6. The van der Waals surface area contributed by atoms with Crippen LogP contribution in [0.3, 0.4) is 0 Å². The Hall–Kier alpha value is -0.0800. The highest BCUT2D eigenvalue weighted by molar-refractivity contribution is 4.85. The molecule has 1 saturated heterocycles. The highest BCUT2D eigenvalue weighted by Crippen LogP contribution is 2.22. The molecule has 0 bridgehead atoms. The van der Waals surface area contributed by atoms with Crippen molar-refractivity contribution < 1.29 is 0 Å². The van der Waals surface area contributed by atoms with E-state index in [2.05, 4.69) is 37.9 Å². The summed E-state index contributed by atoms with van der Waals surface area (Å²) in [7, 11) is 0. The fraction of sp³-hybridized carbons (Fsp3) is 1.00. The van der Waals surface area contributed by atoms with Crippen LogP contribution in [-0.4, -0.2) is 36.6 Å². The van der Waals surface area contributed by atoms with Crippen molar-refractivity contribution in [1.29, 1.82) is 0 Å². The van der Waals surface area contributed by atoms with Gasteiger partial charge in [-0.3, -0.25) is 4.90 Å². The van der Waals surface area contributed by atoms with E-state index >= 15 is 0 Å². The smallest absolute Gasteiger partial charge is 0.0221 e. The molecule has 0 aromatic rings. The van der Waals surface area contributed by atoms with Crippen LogP contribution >= 0.6 is 0 Å². The SMILES string of the molecule is CCNC(CC)C(C)N1CCC(CC)C1. The van der Waals surface area contributed by atoms with Crippen molar-refractivity contribution in [3.05, 3.63) is 0 Å². The van der Waals surface area contributed by atoms with Gasteiger partial charge < -0.3 is 5.32 Å². The monoisotopic (exact) mass is 212 g/mol. The molecule has 3 atom stereocenters. The van der Waals surface area contributed by atoms with Crippen molar-refractivity contribution in [2.75, 3.05) is 19.6 Å². The first-order chi connectivity index (χ1) is 7.22. The third kappa shape index (κ3) is 3.46. The van der Waals surface area contributed by atoms with Crippen LogP contribution < -0.4 is 5.32 Å². The normalized spacial score (nSPS) is 26.8. The van der Waals surface area contributed by atoms with Crippen LogP contribution in [0.5, 0.6) is 0 Å². The summed E-state index contributed by atoms with van der Waals surface area (Å²) in [5, 5.41) is 3.60. The van der Waals surface area contributed by atoms with E-state index in [0.717, 1.165) is 12.5 Å². The van der Waals surface area contributed by atoms with Crippen LogP contribution in [0.25, 0.3) is 0 Å². The predicted molar refractivity (Wildman–Crippen MR) is 67.2 cm³/mol. The zero-order chi connectivity index (χ0) is 11.3. The summed E-state index contributed by atoms with van der Waals surface area (Å²) >= 11 is 0. The highest BCUT2D eigenvalue weighted by Gasteiger charge is 2.28. The fourth-order valence-electron chi connectivity index (χ4n) is 2.74. The van der Waals surface area contributed by atoms with E-state index in [1.807, 2.05) is 0 Å². The van der Waals surface area contributed by atoms with Gasteiger partial charge in [0.1, 0.15) is 0 Å². The molecule has 3 unspecified atom stereocenters. The van der Waals surface area contributed by atoms with Crippen LogP contribution in [-0.2, 0) is 0 Å². The molecule has 0 amide bonds. The maximum Gasteiger partial charge on any atom is 0.0221 e. The van der Waals surface area contributed by atoms with E-state index < -0.39 is 0 Å². The summed E-state index contributed by atoms with van der Waals surface area (Å²) in [6.07, 6.45) is 3.99. The lowest BCUT2D eigenvalue weighted by Gasteiger charge is -2.32. The van der Waals surface area contributed by atoms with Crippen LogP contribution in [0.15, 0.2) is 0 Å². The van der Waals surface area contributed by atoms with Crippen molar-refractivity contribution in [3.63, 3.8) is 0 Å². The minimum atomic E-state index is 0.672. The second-order valence-electron chi connectivity index (χ2n) is 4.87. The second-order valence-corrected chi connectivity index (χ2v) is 4.87. The number of nitrogens with zero attached hydrogens (tertiary/aromatic N) is 1.